The predicted octanol–water partition coefficient (Wildman–Crippen LogP) is 3.01. The Labute approximate surface area is 123 Å². The maximum absolute atomic E-state index is 12.1. The van der Waals surface area contributed by atoms with E-state index in [1.807, 2.05) is 0 Å². The fourth-order valence-corrected chi connectivity index (χ4v) is 2.35. The van der Waals surface area contributed by atoms with Crippen LogP contribution in [0, 0.1) is 11.3 Å². The van der Waals surface area contributed by atoms with Gasteiger partial charge in [-0.1, -0.05) is 11.6 Å². The highest BCUT2D eigenvalue weighted by Crippen LogP contribution is 2.36. The van der Waals surface area contributed by atoms with Crippen LogP contribution in [0.15, 0.2) is 24.3 Å². The SMILES string of the molecule is CN(C(=O)CCOc1ccc(Cl)cc1)C1(C#N)CCC1. The lowest BCUT2D eigenvalue weighted by Gasteiger charge is -2.42. The second-order valence-electron chi connectivity index (χ2n) is 5.00. The van der Waals surface area contributed by atoms with Crippen LogP contribution in [-0.4, -0.2) is 30.0 Å². The quantitative estimate of drug-likeness (QED) is 0.838. The molecule has 106 valence electrons. The molecular weight excluding hydrogens is 276 g/mol. The lowest BCUT2D eigenvalue weighted by Crippen LogP contribution is -2.53. The molecule has 0 N–H and O–H groups in total. The van der Waals surface area contributed by atoms with E-state index in [2.05, 4.69) is 6.07 Å². The number of benzene rings is 1. The van der Waals surface area contributed by atoms with E-state index in [-0.39, 0.29) is 12.3 Å². The number of hydrogen-bond acceptors (Lipinski definition) is 3. The first-order chi connectivity index (χ1) is 9.57. The van der Waals surface area contributed by atoms with Gasteiger partial charge in [0.15, 0.2) is 0 Å². The molecule has 1 aromatic carbocycles. The lowest BCUT2D eigenvalue weighted by atomic mass is 9.76. The minimum absolute atomic E-state index is 0.0554. The van der Waals surface area contributed by atoms with Crippen LogP contribution in [0.2, 0.25) is 5.02 Å². The Morgan fingerprint density at radius 1 is 1.45 bits per heavy atom. The molecule has 1 saturated carbocycles. The van der Waals surface area contributed by atoms with Gasteiger partial charge >= 0.3 is 0 Å². The molecule has 1 aliphatic rings. The predicted molar refractivity (Wildman–Crippen MR) is 76.5 cm³/mol. The normalized spacial score (nSPS) is 15.8. The van der Waals surface area contributed by atoms with Crippen LogP contribution in [0.25, 0.3) is 0 Å². The number of ether oxygens (including phenoxy) is 1. The standard InChI is InChI=1S/C15H17ClN2O2/c1-18(15(11-17)8-2-9-15)14(19)7-10-20-13-5-3-12(16)4-6-13/h3-6H,2,7-10H2,1H3. The van der Waals surface area contributed by atoms with Gasteiger partial charge in [0.2, 0.25) is 5.91 Å². The van der Waals surface area contributed by atoms with Crippen LogP contribution in [0.4, 0.5) is 0 Å². The van der Waals surface area contributed by atoms with Crippen molar-refractivity contribution >= 4 is 17.5 Å². The Morgan fingerprint density at radius 2 is 2.10 bits per heavy atom. The molecule has 0 spiro atoms. The highest BCUT2D eigenvalue weighted by Gasteiger charge is 2.43. The molecule has 1 fully saturated rings. The van der Waals surface area contributed by atoms with E-state index in [0.29, 0.717) is 17.4 Å². The van der Waals surface area contributed by atoms with Crippen LogP contribution in [-0.2, 0) is 4.79 Å². The minimum Gasteiger partial charge on any atom is -0.493 e. The van der Waals surface area contributed by atoms with Crippen LogP contribution in [0.3, 0.4) is 0 Å². The summed E-state index contributed by atoms with van der Waals surface area (Å²) in [7, 11) is 1.70. The number of carbonyl (C=O) groups is 1. The summed E-state index contributed by atoms with van der Waals surface area (Å²) in [6.07, 6.45) is 2.81. The Kier molecular flexibility index (Phi) is 4.51. The number of hydrogen-bond donors (Lipinski definition) is 0. The third-order valence-corrected chi connectivity index (χ3v) is 4.06. The Hall–Kier alpha value is -1.73. The molecule has 1 amide bonds. The van der Waals surface area contributed by atoms with Gasteiger partial charge in [0.1, 0.15) is 11.3 Å². The zero-order valence-electron chi connectivity index (χ0n) is 11.4. The highest BCUT2D eigenvalue weighted by atomic mass is 35.5. The van der Waals surface area contributed by atoms with Gasteiger partial charge in [-0.2, -0.15) is 5.26 Å². The molecule has 5 heteroatoms. The first kappa shape index (κ1) is 14.7. The van der Waals surface area contributed by atoms with Gasteiger partial charge in [0.25, 0.3) is 0 Å². The summed E-state index contributed by atoms with van der Waals surface area (Å²) in [5.41, 5.74) is -0.586. The summed E-state index contributed by atoms with van der Waals surface area (Å²) in [5, 5.41) is 9.84. The first-order valence-corrected chi connectivity index (χ1v) is 7.01. The van der Waals surface area contributed by atoms with Crippen molar-refractivity contribution in [1.82, 2.24) is 4.90 Å². The monoisotopic (exact) mass is 292 g/mol. The highest BCUT2D eigenvalue weighted by molar-refractivity contribution is 6.30. The van der Waals surface area contributed by atoms with Gasteiger partial charge in [0, 0.05) is 12.1 Å². The molecule has 0 aromatic heterocycles. The van der Waals surface area contributed by atoms with E-state index < -0.39 is 5.54 Å². The van der Waals surface area contributed by atoms with E-state index >= 15 is 0 Å². The van der Waals surface area contributed by atoms with Crippen molar-refractivity contribution < 1.29 is 9.53 Å². The number of rotatable bonds is 5. The van der Waals surface area contributed by atoms with Gasteiger partial charge in [-0.05, 0) is 43.5 Å². The number of carbonyl (C=O) groups excluding carboxylic acids is 1. The molecule has 0 heterocycles. The maximum atomic E-state index is 12.1. The molecular formula is C15H17ClN2O2. The van der Waals surface area contributed by atoms with Crippen molar-refractivity contribution in [3.05, 3.63) is 29.3 Å². The van der Waals surface area contributed by atoms with Crippen LogP contribution in [0.5, 0.6) is 5.75 Å². The van der Waals surface area contributed by atoms with Gasteiger partial charge in [0.05, 0.1) is 19.1 Å². The van der Waals surface area contributed by atoms with E-state index in [1.54, 1.807) is 36.2 Å². The summed E-state index contributed by atoms with van der Waals surface area (Å²) in [4.78, 5) is 13.6. The fraction of sp³-hybridized carbons (Fsp3) is 0.467. The van der Waals surface area contributed by atoms with Gasteiger partial charge in [-0.15, -0.1) is 0 Å². The Bertz CT molecular complexity index is 518. The molecule has 1 aromatic rings. The maximum Gasteiger partial charge on any atom is 0.227 e. The minimum atomic E-state index is -0.586. The molecule has 1 aliphatic carbocycles. The van der Waals surface area contributed by atoms with Crippen molar-refractivity contribution in [3.8, 4) is 11.8 Å². The number of halogens is 1. The molecule has 0 unspecified atom stereocenters. The zero-order valence-corrected chi connectivity index (χ0v) is 12.2. The summed E-state index contributed by atoms with van der Waals surface area (Å²) in [6, 6.07) is 9.27. The molecule has 4 nitrogen and oxygen atoms in total. The largest absolute Gasteiger partial charge is 0.493 e. The molecule has 2 rings (SSSR count). The van der Waals surface area contributed by atoms with Crippen LogP contribution < -0.4 is 4.74 Å². The number of amides is 1. The Balaban J connectivity index is 1.80. The van der Waals surface area contributed by atoms with Crippen molar-refractivity contribution in [1.29, 1.82) is 5.26 Å². The van der Waals surface area contributed by atoms with Gasteiger partial charge in [-0.25, -0.2) is 0 Å². The lowest BCUT2D eigenvalue weighted by molar-refractivity contribution is -0.136. The third-order valence-electron chi connectivity index (χ3n) is 3.80. The molecule has 0 radical (unpaired) electrons. The number of nitriles is 1. The smallest absolute Gasteiger partial charge is 0.227 e. The summed E-state index contributed by atoms with van der Waals surface area (Å²) in [5.74, 6) is 0.628. The van der Waals surface area contributed by atoms with E-state index in [9.17, 15) is 10.1 Å². The van der Waals surface area contributed by atoms with Crippen LogP contribution >= 0.6 is 11.6 Å². The van der Waals surface area contributed by atoms with Gasteiger partial charge in [-0.3, -0.25) is 4.79 Å². The first-order valence-electron chi connectivity index (χ1n) is 6.64. The topological polar surface area (TPSA) is 53.3 Å². The molecule has 0 saturated heterocycles. The molecule has 0 bridgehead atoms. The summed E-state index contributed by atoms with van der Waals surface area (Å²) in [6.45, 7) is 0.298. The summed E-state index contributed by atoms with van der Waals surface area (Å²) >= 11 is 5.78. The average molecular weight is 293 g/mol. The molecule has 0 atom stereocenters. The van der Waals surface area contributed by atoms with Gasteiger partial charge < -0.3 is 9.64 Å². The van der Waals surface area contributed by atoms with E-state index in [0.717, 1.165) is 19.3 Å². The van der Waals surface area contributed by atoms with Crippen molar-refractivity contribution in [2.24, 2.45) is 0 Å². The van der Waals surface area contributed by atoms with Crippen LogP contribution in [0.1, 0.15) is 25.7 Å². The van der Waals surface area contributed by atoms with E-state index in [4.69, 9.17) is 16.3 Å². The second kappa shape index (κ2) is 6.15. The van der Waals surface area contributed by atoms with Crippen molar-refractivity contribution in [3.63, 3.8) is 0 Å². The zero-order chi connectivity index (χ0) is 14.6. The van der Waals surface area contributed by atoms with Crippen molar-refractivity contribution in [2.75, 3.05) is 13.7 Å². The Morgan fingerprint density at radius 3 is 2.60 bits per heavy atom. The van der Waals surface area contributed by atoms with Crippen molar-refractivity contribution in [2.45, 2.75) is 31.2 Å². The third kappa shape index (κ3) is 3.05. The average Bonchev–Trinajstić information content (AvgIpc) is 2.40. The summed E-state index contributed by atoms with van der Waals surface area (Å²) < 4.78 is 5.49. The second-order valence-corrected chi connectivity index (χ2v) is 5.44. The molecule has 0 aliphatic heterocycles. The number of nitrogens with zero attached hydrogens (tertiary/aromatic N) is 2. The molecule has 20 heavy (non-hydrogen) atoms. The fourth-order valence-electron chi connectivity index (χ4n) is 2.23. The van der Waals surface area contributed by atoms with E-state index in [1.165, 1.54) is 0 Å².